The van der Waals surface area contributed by atoms with Crippen LogP contribution in [0.1, 0.15) is 23.9 Å². The van der Waals surface area contributed by atoms with E-state index in [0.717, 1.165) is 24.4 Å². The summed E-state index contributed by atoms with van der Waals surface area (Å²) in [4.78, 5) is 17.6. The van der Waals surface area contributed by atoms with Crippen LogP contribution in [0, 0.1) is 0 Å². The maximum atomic E-state index is 11.3. The third-order valence-electron chi connectivity index (χ3n) is 2.86. The normalized spacial score (nSPS) is 14.8. The summed E-state index contributed by atoms with van der Waals surface area (Å²) in [6, 6.07) is 4.08. The van der Waals surface area contributed by atoms with Gasteiger partial charge >= 0.3 is 0 Å². The minimum absolute atomic E-state index is 0.115. The van der Waals surface area contributed by atoms with Gasteiger partial charge in [-0.2, -0.15) is 0 Å². The Hall–Kier alpha value is -1.42. The van der Waals surface area contributed by atoms with Gasteiger partial charge in [-0.05, 0) is 18.1 Å². The van der Waals surface area contributed by atoms with E-state index in [-0.39, 0.29) is 5.91 Å². The molecule has 1 aliphatic rings. The Bertz CT molecular complexity index is 404. The lowest BCUT2D eigenvalue weighted by Crippen LogP contribution is -2.34. The maximum absolute atomic E-state index is 11.3. The highest BCUT2D eigenvalue weighted by atomic mass is 16.5. The van der Waals surface area contributed by atoms with E-state index in [0.29, 0.717) is 13.2 Å². The fourth-order valence-electron chi connectivity index (χ4n) is 1.95. The number of hydrogen-bond acceptors (Lipinski definition) is 3. The van der Waals surface area contributed by atoms with Crippen LogP contribution in [0.4, 0.5) is 0 Å². The van der Waals surface area contributed by atoms with Crippen LogP contribution in [0.3, 0.4) is 0 Å². The van der Waals surface area contributed by atoms with Crippen LogP contribution in [-0.2, 0) is 29.1 Å². The van der Waals surface area contributed by atoms with Crippen LogP contribution >= 0.6 is 0 Å². The summed E-state index contributed by atoms with van der Waals surface area (Å²) in [6.07, 6.45) is 0.898. The highest BCUT2D eigenvalue weighted by Gasteiger charge is 2.19. The summed E-state index contributed by atoms with van der Waals surface area (Å²) in [7, 11) is 1.66. The molecule has 16 heavy (non-hydrogen) atoms. The van der Waals surface area contributed by atoms with Crippen LogP contribution in [0.15, 0.2) is 12.1 Å². The molecule has 4 heteroatoms. The number of ether oxygens (including phenoxy) is 1. The first kappa shape index (κ1) is 11.1. The first-order chi connectivity index (χ1) is 7.70. The van der Waals surface area contributed by atoms with Gasteiger partial charge in [-0.3, -0.25) is 9.78 Å². The number of rotatable bonds is 2. The number of carbonyl (C=O) groups excluding carboxylic acids is 1. The number of methoxy groups -OCH3 is 1. The molecule has 1 aliphatic heterocycles. The Morgan fingerprint density at radius 1 is 1.56 bits per heavy atom. The molecule has 0 saturated carbocycles. The Kier molecular flexibility index (Phi) is 3.19. The second-order valence-electron chi connectivity index (χ2n) is 4.03. The largest absolute Gasteiger partial charge is 0.378 e. The molecule has 0 bridgehead atoms. The summed E-state index contributed by atoms with van der Waals surface area (Å²) in [5, 5.41) is 0. The predicted octanol–water partition coefficient (Wildman–Crippen LogP) is 1.13. The maximum Gasteiger partial charge on any atom is 0.219 e. The van der Waals surface area contributed by atoms with Gasteiger partial charge < -0.3 is 9.64 Å². The monoisotopic (exact) mass is 220 g/mol. The Labute approximate surface area is 95.2 Å². The van der Waals surface area contributed by atoms with Crippen molar-refractivity contribution in [3.8, 4) is 0 Å². The van der Waals surface area contributed by atoms with Crippen LogP contribution in [0.2, 0.25) is 0 Å². The van der Waals surface area contributed by atoms with Crippen molar-refractivity contribution in [2.24, 2.45) is 0 Å². The lowest BCUT2D eigenvalue weighted by Gasteiger charge is -2.27. The minimum Gasteiger partial charge on any atom is -0.378 e. The molecule has 4 nitrogen and oxygen atoms in total. The molecule has 0 atom stereocenters. The van der Waals surface area contributed by atoms with Crippen LogP contribution in [-0.4, -0.2) is 29.4 Å². The van der Waals surface area contributed by atoms with Crippen molar-refractivity contribution in [2.45, 2.75) is 26.5 Å². The average Bonchev–Trinajstić information content (AvgIpc) is 2.28. The lowest BCUT2D eigenvalue weighted by atomic mass is 10.0. The predicted molar refractivity (Wildman–Crippen MR) is 59.7 cm³/mol. The van der Waals surface area contributed by atoms with Gasteiger partial charge in [-0.25, -0.2) is 0 Å². The van der Waals surface area contributed by atoms with Crippen molar-refractivity contribution in [3.05, 3.63) is 29.1 Å². The van der Waals surface area contributed by atoms with Crippen molar-refractivity contribution in [3.63, 3.8) is 0 Å². The number of hydrogen-bond donors (Lipinski definition) is 0. The van der Waals surface area contributed by atoms with Gasteiger partial charge in [-0.1, -0.05) is 6.07 Å². The van der Waals surface area contributed by atoms with Crippen molar-refractivity contribution in [1.82, 2.24) is 9.88 Å². The first-order valence-corrected chi connectivity index (χ1v) is 5.43. The molecular weight excluding hydrogens is 204 g/mol. The van der Waals surface area contributed by atoms with Crippen molar-refractivity contribution >= 4 is 5.91 Å². The van der Waals surface area contributed by atoms with Crippen LogP contribution in [0.5, 0.6) is 0 Å². The van der Waals surface area contributed by atoms with Gasteiger partial charge in [-0.15, -0.1) is 0 Å². The van der Waals surface area contributed by atoms with E-state index in [9.17, 15) is 4.79 Å². The lowest BCUT2D eigenvalue weighted by molar-refractivity contribution is -0.129. The van der Waals surface area contributed by atoms with E-state index in [2.05, 4.69) is 11.1 Å². The summed E-state index contributed by atoms with van der Waals surface area (Å²) in [6.45, 7) is 3.55. The van der Waals surface area contributed by atoms with E-state index >= 15 is 0 Å². The molecule has 1 amide bonds. The quantitative estimate of drug-likeness (QED) is 0.750. The Balaban J connectivity index is 2.21. The number of nitrogens with zero attached hydrogens (tertiary/aromatic N) is 2. The molecule has 1 aromatic heterocycles. The topological polar surface area (TPSA) is 42.4 Å². The first-order valence-electron chi connectivity index (χ1n) is 5.43. The zero-order valence-electron chi connectivity index (χ0n) is 9.69. The van der Waals surface area contributed by atoms with Gasteiger partial charge in [0.05, 0.1) is 24.5 Å². The molecule has 0 unspecified atom stereocenters. The summed E-state index contributed by atoms with van der Waals surface area (Å²) in [5.41, 5.74) is 3.18. The molecule has 1 aromatic rings. The number of fused-ring (bicyclic) bond motifs is 1. The molecule has 0 aliphatic carbocycles. The highest BCUT2D eigenvalue weighted by Crippen LogP contribution is 2.17. The standard InChI is InChI=1S/C12H16N2O2/c1-9(15)14-6-5-10-3-4-11(8-16-2)13-12(10)7-14/h3-4H,5-8H2,1-2H3. The molecule has 0 N–H and O–H groups in total. The van der Waals surface area contributed by atoms with Gasteiger partial charge in [0.1, 0.15) is 0 Å². The number of aromatic nitrogens is 1. The minimum atomic E-state index is 0.115. The Morgan fingerprint density at radius 3 is 3.06 bits per heavy atom. The molecule has 2 rings (SSSR count). The average molecular weight is 220 g/mol. The molecule has 0 aromatic carbocycles. The van der Waals surface area contributed by atoms with Crippen LogP contribution < -0.4 is 0 Å². The van der Waals surface area contributed by atoms with Gasteiger partial charge in [0.15, 0.2) is 0 Å². The third-order valence-corrected chi connectivity index (χ3v) is 2.86. The summed E-state index contributed by atoms with van der Waals surface area (Å²) < 4.78 is 5.05. The molecule has 0 radical (unpaired) electrons. The fourth-order valence-corrected chi connectivity index (χ4v) is 1.95. The van der Waals surface area contributed by atoms with Gasteiger partial charge in [0.25, 0.3) is 0 Å². The molecule has 0 fully saturated rings. The second kappa shape index (κ2) is 4.61. The fraction of sp³-hybridized carbons (Fsp3) is 0.500. The van der Waals surface area contributed by atoms with E-state index in [1.165, 1.54) is 5.56 Å². The van der Waals surface area contributed by atoms with Crippen molar-refractivity contribution in [1.29, 1.82) is 0 Å². The number of amides is 1. The number of carbonyl (C=O) groups is 1. The van der Waals surface area contributed by atoms with E-state index < -0.39 is 0 Å². The van der Waals surface area contributed by atoms with E-state index in [1.54, 1.807) is 14.0 Å². The van der Waals surface area contributed by atoms with Crippen LogP contribution in [0.25, 0.3) is 0 Å². The smallest absolute Gasteiger partial charge is 0.219 e. The van der Waals surface area contributed by atoms with E-state index in [4.69, 9.17) is 4.74 Å². The molecule has 0 spiro atoms. The molecule has 0 saturated heterocycles. The summed E-state index contributed by atoms with van der Waals surface area (Å²) in [5.74, 6) is 0.115. The zero-order chi connectivity index (χ0) is 11.5. The Morgan fingerprint density at radius 2 is 2.38 bits per heavy atom. The third kappa shape index (κ3) is 2.22. The summed E-state index contributed by atoms with van der Waals surface area (Å²) >= 11 is 0. The molecule has 2 heterocycles. The second-order valence-corrected chi connectivity index (χ2v) is 4.03. The highest BCUT2D eigenvalue weighted by molar-refractivity contribution is 5.73. The molecular formula is C12H16N2O2. The van der Waals surface area contributed by atoms with Gasteiger partial charge in [0, 0.05) is 20.6 Å². The number of pyridine rings is 1. The van der Waals surface area contributed by atoms with Crippen molar-refractivity contribution in [2.75, 3.05) is 13.7 Å². The van der Waals surface area contributed by atoms with E-state index in [1.807, 2.05) is 11.0 Å². The molecule has 86 valence electrons. The van der Waals surface area contributed by atoms with Gasteiger partial charge in [0.2, 0.25) is 5.91 Å². The van der Waals surface area contributed by atoms with Crippen molar-refractivity contribution < 1.29 is 9.53 Å². The SMILES string of the molecule is COCc1ccc2c(n1)CN(C(C)=O)CC2. The zero-order valence-corrected chi connectivity index (χ0v) is 9.69.